The Morgan fingerprint density at radius 2 is 2.26 bits per heavy atom. The summed E-state index contributed by atoms with van der Waals surface area (Å²) in [5.41, 5.74) is 0.671. The second-order valence-electron chi connectivity index (χ2n) is 5.00. The molecule has 2 unspecified atom stereocenters. The standard InChI is InChI=1S/C15H20FNOS/c1-3-19-12-8-7-11(9-12)17-15(18)13-6-4-5-10(2)14(13)16/h4-6,11-12H,3,7-9H2,1-2H3,(H,17,18). The van der Waals surface area contributed by atoms with Crippen molar-refractivity contribution < 1.29 is 9.18 Å². The van der Waals surface area contributed by atoms with E-state index in [2.05, 4.69) is 12.2 Å². The maximum atomic E-state index is 13.9. The zero-order valence-corrected chi connectivity index (χ0v) is 12.2. The molecule has 1 aliphatic rings. The number of thioether (sulfide) groups is 1. The van der Waals surface area contributed by atoms with Crippen LogP contribution in [0.4, 0.5) is 4.39 Å². The summed E-state index contributed by atoms with van der Waals surface area (Å²) >= 11 is 1.95. The molecular formula is C15H20FNOS. The summed E-state index contributed by atoms with van der Waals surface area (Å²) in [7, 11) is 0. The van der Waals surface area contributed by atoms with Crippen molar-refractivity contribution in [2.75, 3.05) is 5.75 Å². The van der Waals surface area contributed by atoms with Crippen molar-refractivity contribution in [3.05, 3.63) is 35.1 Å². The van der Waals surface area contributed by atoms with Crippen LogP contribution in [0.1, 0.15) is 42.1 Å². The lowest BCUT2D eigenvalue weighted by Crippen LogP contribution is -2.33. The Kier molecular flexibility index (Phi) is 4.86. The second kappa shape index (κ2) is 6.42. The molecule has 0 heterocycles. The number of halogens is 1. The molecule has 0 radical (unpaired) electrons. The molecule has 0 bridgehead atoms. The Hall–Kier alpha value is -1.03. The van der Waals surface area contributed by atoms with Gasteiger partial charge in [0.25, 0.3) is 5.91 Å². The number of carbonyl (C=O) groups excluding carboxylic acids is 1. The van der Waals surface area contributed by atoms with E-state index < -0.39 is 5.82 Å². The molecule has 2 nitrogen and oxygen atoms in total. The van der Waals surface area contributed by atoms with Crippen LogP contribution in [0.3, 0.4) is 0 Å². The van der Waals surface area contributed by atoms with Gasteiger partial charge in [0.05, 0.1) is 5.56 Å². The minimum absolute atomic E-state index is 0.159. The molecular weight excluding hydrogens is 261 g/mol. The van der Waals surface area contributed by atoms with E-state index in [1.54, 1.807) is 25.1 Å². The van der Waals surface area contributed by atoms with Gasteiger partial charge in [-0.05, 0) is 43.6 Å². The third kappa shape index (κ3) is 3.50. The van der Waals surface area contributed by atoms with Gasteiger partial charge in [-0.2, -0.15) is 11.8 Å². The highest BCUT2D eigenvalue weighted by molar-refractivity contribution is 7.99. The first-order valence-corrected chi connectivity index (χ1v) is 7.84. The molecule has 0 aliphatic heterocycles. The van der Waals surface area contributed by atoms with Gasteiger partial charge in [0, 0.05) is 11.3 Å². The third-order valence-corrected chi connectivity index (χ3v) is 4.79. The van der Waals surface area contributed by atoms with Gasteiger partial charge in [-0.3, -0.25) is 4.79 Å². The lowest BCUT2D eigenvalue weighted by Gasteiger charge is -2.14. The molecule has 1 fully saturated rings. The number of hydrogen-bond acceptors (Lipinski definition) is 2. The average Bonchev–Trinajstić information content (AvgIpc) is 2.80. The minimum Gasteiger partial charge on any atom is -0.349 e. The molecule has 1 N–H and O–H groups in total. The number of amides is 1. The van der Waals surface area contributed by atoms with E-state index in [9.17, 15) is 9.18 Å². The van der Waals surface area contributed by atoms with Crippen LogP contribution in [-0.2, 0) is 0 Å². The normalized spacial score (nSPS) is 22.5. The van der Waals surface area contributed by atoms with E-state index in [0.29, 0.717) is 10.8 Å². The molecule has 104 valence electrons. The van der Waals surface area contributed by atoms with Crippen molar-refractivity contribution in [1.82, 2.24) is 5.32 Å². The Labute approximate surface area is 118 Å². The summed E-state index contributed by atoms with van der Waals surface area (Å²) in [5.74, 6) is 0.420. The summed E-state index contributed by atoms with van der Waals surface area (Å²) in [4.78, 5) is 12.1. The number of nitrogens with one attached hydrogen (secondary N) is 1. The predicted molar refractivity (Wildman–Crippen MR) is 78.2 cm³/mol. The Morgan fingerprint density at radius 1 is 1.47 bits per heavy atom. The van der Waals surface area contributed by atoms with Crippen molar-refractivity contribution in [2.45, 2.75) is 44.4 Å². The first-order valence-electron chi connectivity index (χ1n) is 6.79. The molecule has 1 aliphatic carbocycles. The zero-order chi connectivity index (χ0) is 13.8. The summed E-state index contributed by atoms with van der Waals surface area (Å²) in [6.45, 7) is 3.83. The average molecular weight is 281 g/mol. The fourth-order valence-electron chi connectivity index (χ4n) is 2.54. The van der Waals surface area contributed by atoms with E-state index in [4.69, 9.17) is 0 Å². The maximum Gasteiger partial charge on any atom is 0.254 e. The number of carbonyl (C=O) groups is 1. The molecule has 0 aromatic heterocycles. The van der Waals surface area contributed by atoms with Crippen LogP contribution in [-0.4, -0.2) is 23.0 Å². The van der Waals surface area contributed by atoms with Gasteiger partial charge in [-0.25, -0.2) is 4.39 Å². The summed E-state index contributed by atoms with van der Waals surface area (Å²) in [6.07, 6.45) is 3.13. The van der Waals surface area contributed by atoms with Gasteiger partial charge in [-0.15, -0.1) is 0 Å². The first-order chi connectivity index (χ1) is 9.11. The van der Waals surface area contributed by atoms with Crippen LogP contribution in [0.15, 0.2) is 18.2 Å². The van der Waals surface area contributed by atoms with Crippen LogP contribution >= 0.6 is 11.8 Å². The Morgan fingerprint density at radius 3 is 3.00 bits per heavy atom. The molecule has 2 atom stereocenters. The summed E-state index contributed by atoms with van der Waals surface area (Å²) in [5, 5.41) is 3.60. The fraction of sp³-hybridized carbons (Fsp3) is 0.533. The Balaban J connectivity index is 1.97. The van der Waals surface area contributed by atoms with Crippen LogP contribution in [0.2, 0.25) is 0 Å². The molecule has 1 saturated carbocycles. The van der Waals surface area contributed by atoms with E-state index in [-0.39, 0.29) is 17.5 Å². The quantitative estimate of drug-likeness (QED) is 0.914. The van der Waals surface area contributed by atoms with E-state index in [1.165, 1.54) is 0 Å². The van der Waals surface area contributed by atoms with Gasteiger partial charge < -0.3 is 5.32 Å². The van der Waals surface area contributed by atoms with Gasteiger partial charge in [-0.1, -0.05) is 19.1 Å². The molecule has 2 rings (SSSR count). The van der Waals surface area contributed by atoms with E-state index >= 15 is 0 Å². The molecule has 4 heteroatoms. The van der Waals surface area contributed by atoms with Gasteiger partial charge in [0.1, 0.15) is 5.82 Å². The molecule has 0 saturated heterocycles. The largest absolute Gasteiger partial charge is 0.349 e. The second-order valence-corrected chi connectivity index (χ2v) is 6.57. The van der Waals surface area contributed by atoms with Gasteiger partial charge >= 0.3 is 0 Å². The SMILES string of the molecule is CCSC1CCC(NC(=O)c2cccc(C)c2F)C1. The highest BCUT2D eigenvalue weighted by Crippen LogP contribution is 2.29. The fourth-order valence-corrected chi connectivity index (χ4v) is 3.69. The Bertz CT molecular complexity index is 463. The minimum atomic E-state index is -0.405. The summed E-state index contributed by atoms with van der Waals surface area (Å²) < 4.78 is 13.9. The lowest BCUT2D eigenvalue weighted by molar-refractivity contribution is 0.0933. The smallest absolute Gasteiger partial charge is 0.254 e. The lowest BCUT2D eigenvalue weighted by atomic mass is 10.1. The van der Waals surface area contributed by atoms with Crippen LogP contribution in [0.25, 0.3) is 0 Å². The summed E-state index contributed by atoms with van der Waals surface area (Å²) in [6, 6.07) is 5.13. The first kappa shape index (κ1) is 14.4. The van der Waals surface area contributed by atoms with Crippen molar-refractivity contribution in [1.29, 1.82) is 0 Å². The number of aryl methyl sites for hydroxylation is 1. The highest BCUT2D eigenvalue weighted by Gasteiger charge is 2.26. The maximum absolute atomic E-state index is 13.9. The molecule has 1 aromatic carbocycles. The molecule has 1 amide bonds. The predicted octanol–water partition coefficient (Wildman–Crippen LogP) is 3.54. The monoisotopic (exact) mass is 281 g/mol. The molecule has 1 aromatic rings. The van der Waals surface area contributed by atoms with E-state index in [0.717, 1.165) is 25.0 Å². The molecule has 0 spiro atoms. The topological polar surface area (TPSA) is 29.1 Å². The van der Waals surface area contributed by atoms with Crippen LogP contribution in [0, 0.1) is 12.7 Å². The van der Waals surface area contributed by atoms with Crippen molar-refractivity contribution in [2.24, 2.45) is 0 Å². The third-order valence-electron chi connectivity index (χ3n) is 3.56. The highest BCUT2D eigenvalue weighted by atomic mass is 32.2. The number of benzene rings is 1. The van der Waals surface area contributed by atoms with Gasteiger partial charge in [0.2, 0.25) is 0 Å². The van der Waals surface area contributed by atoms with E-state index in [1.807, 2.05) is 11.8 Å². The van der Waals surface area contributed by atoms with Crippen molar-refractivity contribution >= 4 is 17.7 Å². The van der Waals surface area contributed by atoms with Crippen molar-refractivity contribution in [3.8, 4) is 0 Å². The van der Waals surface area contributed by atoms with Gasteiger partial charge in [0.15, 0.2) is 0 Å². The number of hydrogen-bond donors (Lipinski definition) is 1. The van der Waals surface area contributed by atoms with Crippen LogP contribution < -0.4 is 5.32 Å². The zero-order valence-electron chi connectivity index (χ0n) is 11.4. The van der Waals surface area contributed by atoms with Crippen LogP contribution in [0.5, 0.6) is 0 Å². The van der Waals surface area contributed by atoms with Crippen molar-refractivity contribution in [3.63, 3.8) is 0 Å². The molecule has 19 heavy (non-hydrogen) atoms. The number of rotatable bonds is 4.